The lowest BCUT2D eigenvalue weighted by molar-refractivity contribution is -0.114. The third-order valence-electron chi connectivity index (χ3n) is 4.57. The number of carbonyl (C=O) groups is 1. The molecule has 0 bridgehead atoms. The number of aromatic nitrogens is 2. The standard InChI is InChI=1S/C21H21ClN6OS/c1-12(29)24-18-8-13(4-5-15(18)11-28(2)3)20-26-27-21(30-20)25-17-7-6-14-9-23-10-16(14)19(17)22/h4-8,10H,9,11H2,1-3H3,(H,24,29)(H,25,27). The monoisotopic (exact) mass is 440 g/mol. The highest BCUT2D eigenvalue weighted by Gasteiger charge is 2.16. The maximum atomic E-state index is 11.6. The van der Waals surface area contributed by atoms with Crippen LogP contribution in [0.1, 0.15) is 23.6 Å². The van der Waals surface area contributed by atoms with Crippen molar-refractivity contribution < 1.29 is 4.79 Å². The van der Waals surface area contributed by atoms with Crippen molar-refractivity contribution in [2.75, 3.05) is 24.7 Å². The summed E-state index contributed by atoms with van der Waals surface area (Å²) in [6.07, 6.45) is 1.80. The maximum absolute atomic E-state index is 11.6. The van der Waals surface area contributed by atoms with E-state index >= 15 is 0 Å². The van der Waals surface area contributed by atoms with Crippen LogP contribution in [0.2, 0.25) is 5.02 Å². The molecule has 0 radical (unpaired) electrons. The van der Waals surface area contributed by atoms with E-state index in [1.807, 2.05) is 44.4 Å². The molecule has 2 aromatic carbocycles. The molecule has 0 saturated heterocycles. The molecule has 1 amide bonds. The maximum Gasteiger partial charge on any atom is 0.221 e. The zero-order chi connectivity index (χ0) is 21.3. The topological polar surface area (TPSA) is 82.5 Å². The number of nitrogens with zero attached hydrogens (tertiary/aromatic N) is 4. The Bertz CT molecular complexity index is 1140. The third kappa shape index (κ3) is 4.35. The number of nitrogens with one attached hydrogen (secondary N) is 2. The summed E-state index contributed by atoms with van der Waals surface area (Å²) < 4.78 is 0. The first-order chi connectivity index (χ1) is 14.4. The number of aliphatic imine (C=N–C) groups is 1. The Kier molecular flexibility index (Phi) is 5.80. The van der Waals surface area contributed by atoms with Gasteiger partial charge in [0.15, 0.2) is 0 Å². The Balaban J connectivity index is 1.59. The van der Waals surface area contributed by atoms with Gasteiger partial charge < -0.3 is 15.5 Å². The van der Waals surface area contributed by atoms with Crippen LogP contribution >= 0.6 is 22.9 Å². The van der Waals surface area contributed by atoms with Crippen molar-refractivity contribution >= 4 is 51.6 Å². The number of hydrogen-bond donors (Lipinski definition) is 2. The molecular weight excluding hydrogens is 420 g/mol. The van der Waals surface area contributed by atoms with Crippen molar-refractivity contribution in [3.05, 3.63) is 52.0 Å². The van der Waals surface area contributed by atoms with Gasteiger partial charge in [-0.1, -0.05) is 41.1 Å². The van der Waals surface area contributed by atoms with Gasteiger partial charge in [-0.25, -0.2) is 0 Å². The van der Waals surface area contributed by atoms with E-state index in [0.29, 0.717) is 16.7 Å². The highest BCUT2D eigenvalue weighted by Crippen LogP contribution is 2.35. The Morgan fingerprint density at radius 3 is 2.80 bits per heavy atom. The summed E-state index contributed by atoms with van der Waals surface area (Å²) in [5, 5.41) is 16.7. The van der Waals surface area contributed by atoms with Crippen molar-refractivity contribution in [1.82, 2.24) is 15.1 Å². The summed E-state index contributed by atoms with van der Waals surface area (Å²) in [5.41, 5.74) is 5.54. The van der Waals surface area contributed by atoms with Crippen LogP contribution in [-0.2, 0) is 17.9 Å². The second-order valence-corrected chi connectivity index (χ2v) is 8.65. The van der Waals surface area contributed by atoms with Gasteiger partial charge >= 0.3 is 0 Å². The molecule has 0 fully saturated rings. The van der Waals surface area contributed by atoms with E-state index < -0.39 is 0 Å². The van der Waals surface area contributed by atoms with Gasteiger partial charge in [0.2, 0.25) is 11.0 Å². The predicted octanol–water partition coefficient (Wildman–Crippen LogP) is 4.55. The van der Waals surface area contributed by atoms with Crippen LogP contribution in [0, 0.1) is 0 Å². The van der Waals surface area contributed by atoms with E-state index in [1.54, 1.807) is 6.21 Å². The van der Waals surface area contributed by atoms with Crippen molar-refractivity contribution in [3.63, 3.8) is 0 Å². The highest BCUT2D eigenvalue weighted by atomic mass is 35.5. The average Bonchev–Trinajstić information content (AvgIpc) is 3.34. The fourth-order valence-corrected chi connectivity index (χ4v) is 4.27. The fraction of sp³-hybridized carbons (Fsp3) is 0.238. The summed E-state index contributed by atoms with van der Waals surface area (Å²) in [5.74, 6) is -0.110. The molecule has 2 heterocycles. The molecule has 0 unspecified atom stereocenters. The number of hydrogen-bond acceptors (Lipinski definition) is 7. The van der Waals surface area contributed by atoms with Crippen molar-refractivity contribution in [1.29, 1.82) is 0 Å². The average molecular weight is 441 g/mol. The predicted molar refractivity (Wildman–Crippen MR) is 123 cm³/mol. The lowest BCUT2D eigenvalue weighted by Crippen LogP contribution is -2.14. The van der Waals surface area contributed by atoms with E-state index in [9.17, 15) is 4.79 Å². The zero-order valence-electron chi connectivity index (χ0n) is 16.9. The van der Waals surface area contributed by atoms with E-state index in [2.05, 4.69) is 30.7 Å². The minimum absolute atomic E-state index is 0.110. The number of fused-ring (bicyclic) bond motifs is 1. The molecule has 3 aromatic rings. The van der Waals surface area contributed by atoms with E-state index in [-0.39, 0.29) is 5.91 Å². The normalized spacial score (nSPS) is 12.3. The Morgan fingerprint density at radius 1 is 1.20 bits per heavy atom. The van der Waals surface area contributed by atoms with Crippen LogP contribution in [0.4, 0.5) is 16.5 Å². The minimum atomic E-state index is -0.110. The molecule has 2 N–H and O–H groups in total. The molecule has 1 aromatic heterocycles. The molecule has 4 rings (SSSR count). The highest BCUT2D eigenvalue weighted by molar-refractivity contribution is 7.18. The first-order valence-corrected chi connectivity index (χ1v) is 10.6. The fourth-order valence-electron chi connectivity index (χ4n) is 3.24. The van der Waals surface area contributed by atoms with Gasteiger partial charge in [-0.2, -0.15) is 0 Å². The Morgan fingerprint density at radius 2 is 2.03 bits per heavy atom. The lowest BCUT2D eigenvalue weighted by Gasteiger charge is -2.15. The molecule has 7 nitrogen and oxygen atoms in total. The van der Waals surface area contributed by atoms with Gasteiger partial charge in [-0.05, 0) is 37.4 Å². The molecule has 30 heavy (non-hydrogen) atoms. The number of carbonyl (C=O) groups excluding carboxylic acids is 1. The molecule has 9 heteroatoms. The van der Waals surface area contributed by atoms with E-state index in [0.717, 1.165) is 45.2 Å². The van der Waals surface area contributed by atoms with Gasteiger partial charge in [-0.3, -0.25) is 9.79 Å². The SMILES string of the molecule is CC(=O)Nc1cc(-c2nnc(Nc3ccc4c(c3Cl)C=NC4)s2)ccc1CN(C)C. The van der Waals surface area contributed by atoms with Crippen molar-refractivity contribution in [2.45, 2.75) is 20.0 Å². The third-order valence-corrected chi connectivity index (χ3v) is 5.87. The summed E-state index contributed by atoms with van der Waals surface area (Å²) in [4.78, 5) is 18.0. The van der Waals surface area contributed by atoms with Crippen molar-refractivity contribution in [3.8, 4) is 10.6 Å². The van der Waals surface area contributed by atoms with Gasteiger partial charge in [0.05, 0.1) is 17.3 Å². The number of anilines is 3. The van der Waals surface area contributed by atoms with Crippen LogP contribution in [0.25, 0.3) is 10.6 Å². The molecular formula is C21H21ClN6OS. The zero-order valence-corrected chi connectivity index (χ0v) is 18.4. The van der Waals surface area contributed by atoms with Gasteiger partial charge in [0.25, 0.3) is 0 Å². The molecule has 0 saturated carbocycles. The van der Waals surface area contributed by atoms with Gasteiger partial charge in [0.1, 0.15) is 5.01 Å². The van der Waals surface area contributed by atoms with Gasteiger partial charge in [0, 0.05) is 36.5 Å². The second-order valence-electron chi connectivity index (χ2n) is 7.30. The molecule has 0 atom stereocenters. The molecule has 1 aliphatic heterocycles. The largest absolute Gasteiger partial charge is 0.329 e. The number of rotatable bonds is 6. The minimum Gasteiger partial charge on any atom is -0.329 e. The smallest absolute Gasteiger partial charge is 0.221 e. The quantitative estimate of drug-likeness (QED) is 0.587. The van der Waals surface area contributed by atoms with Crippen LogP contribution < -0.4 is 10.6 Å². The van der Waals surface area contributed by atoms with Crippen LogP contribution in [0.15, 0.2) is 35.3 Å². The summed E-state index contributed by atoms with van der Waals surface area (Å²) in [7, 11) is 3.98. The Hall–Kier alpha value is -2.81. The molecule has 1 aliphatic rings. The Labute approximate surface area is 183 Å². The first-order valence-electron chi connectivity index (χ1n) is 9.38. The summed E-state index contributed by atoms with van der Waals surface area (Å²) in [6.45, 7) is 2.89. The van der Waals surface area contributed by atoms with Crippen molar-refractivity contribution in [2.24, 2.45) is 4.99 Å². The van der Waals surface area contributed by atoms with E-state index in [1.165, 1.54) is 18.3 Å². The molecule has 0 spiro atoms. The summed E-state index contributed by atoms with van der Waals surface area (Å²) >= 11 is 7.94. The van der Waals surface area contributed by atoms with Crippen LogP contribution in [0.3, 0.4) is 0 Å². The van der Waals surface area contributed by atoms with Crippen LogP contribution in [0.5, 0.6) is 0 Å². The number of benzene rings is 2. The summed E-state index contributed by atoms with van der Waals surface area (Å²) in [6, 6.07) is 9.88. The number of amides is 1. The number of halogens is 1. The molecule has 0 aliphatic carbocycles. The first kappa shape index (κ1) is 20.5. The van der Waals surface area contributed by atoms with Crippen LogP contribution in [-0.4, -0.2) is 41.3 Å². The molecule has 154 valence electrons. The van der Waals surface area contributed by atoms with Gasteiger partial charge in [-0.15, -0.1) is 10.2 Å². The lowest BCUT2D eigenvalue weighted by atomic mass is 10.1. The second kappa shape index (κ2) is 8.51. The van der Waals surface area contributed by atoms with E-state index in [4.69, 9.17) is 11.6 Å².